The highest BCUT2D eigenvalue weighted by molar-refractivity contribution is 6.39. The maximum atomic E-state index is 12.6. The van der Waals surface area contributed by atoms with Crippen LogP contribution in [0.1, 0.15) is 56.6 Å². The summed E-state index contributed by atoms with van der Waals surface area (Å²) in [5.41, 5.74) is 2.72. The number of rotatable bonds is 4. The van der Waals surface area contributed by atoms with Crippen molar-refractivity contribution < 1.29 is 14.7 Å². The summed E-state index contributed by atoms with van der Waals surface area (Å²) in [5, 5.41) is 12.0. The molecule has 1 aromatic rings. The number of likely N-dealkylation sites (tertiary alicyclic amines) is 1. The quantitative estimate of drug-likeness (QED) is 0.833. The zero-order chi connectivity index (χ0) is 17.7. The summed E-state index contributed by atoms with van der Waals surface area (Å²) >= 11 is 0. The Morgan fingerprint density at radius 2 is 2.08 bits per heavy atom. The van der Waals surface area contributed by atoms with Gasteiger partial charge in [-0.2, -0.15) is 0 Å². The van der Waals surface area contributed by atoms with Gasteiger partial charge in [-0.1, -0.05) is 32.0 Å². The predicted molar refractivity (Wildman–Crippen MR) is 95.0 cm³/mol. The minimum Gasteiger partial charge on any atom is -0.396 e. The molecule has 0 radical (unpaired) electrons. The Morgan fingerprint density at radius 1 is 1.33 bits per heavy atom. The number of amides is 2. The van der Waals surface area contributed by atoms with Gasteiger partial charge >= 0.3 is 11.8 Å². The minimum atomic E-state index is -0.587. The van der Waals surface area contributed by atoms with Crippen molar-refractivity contribution in [2.75, 3.05) is 18.5 Å². The molecule has 0 aliphatic carbocycles. The van der Waals surface area contributed by atoms with E-state index in [0.29, 0.717) is 13.0 Å². The lowest BCUT2D eigenvalue weighted by atomic mass is 9.97. The normalized spacial score (nSPS) is 17.9. The average Bonchev–Trinajstić information content (AvgIpc) is 2.56. The van der Waals surface area contributed by atoms with Gasteiger partial charge < -0.3 is 15.3 Å². The van der Waals surface area contributed by atoms with Gasteiger partial charge in [-0.3, -0.25) is 9.59 Å². The molecule has 0 saturated carbocycles. The Balaban J connectivity index is 2.16. The van der Waals surface area contributed by atoms with Gasteiger partial charge in [0.2, 0.25) is 0 Å². The number of aliphatic hydroxyl groups is 1. The van der Waals surface area contributed by atoms with Crippen LogP contribution in [0, 0.1) is 6.92 Å². The van der Waals surface area contributed by atoms with E-state index in [0.717, 1.165) is 36.1 Å². The first-order chi connectivity index (χ1) is 11.5. The molecule has 132 valence electrons. The highest BCUT2D eigenvalue weighted by atomic mass is 16.3. The van der Waals surface area contributed by atoms with E-state index in [1.54, 1.807) is 4.90 Å². The number of para-hydroxylation sites is 1. The van der Waals surface area contributed by atoms with Crippen molar-refractivity contribution in [3.8, 4) is 0 Å². The van der Waals surface area contributed by atoms with Crippen molar-refractivity contribution in [3.63, 3.8) is 0 Å². The van der Waals surface area contributed by atoms with Crippen LogP contribution >= 0.6 is 0 Å². The molecular formula is C19H28N2O3. The number of nitrogens with one attached hydrogen (secondary N) is 1. The number of anilines is 1. The van der Waals surface area contributed by atoms with Crippen LogP contribution in [0.25, 0.3) is 0 Å². The highest BCUT2D eigenvalue weighted by Crippen LogP contribution is 2.28. The van der Waals surface area contributed by atoms with Crippen molar-refractivity contribution in [1.82, 2.24) is 4.90 Å². The van der Waals surface area contributed by atoms with Crippen LogP contribution in [-0.2, 0) is 9.59 Å². The fourth-order valence-electron chi connectivity index (χ4n) is 3.36. The van der Waals surface area contributed by atoms with Crippen LogP contribution in [-0.4, -0.2) is 41.0 Å². The molecule has 1 unspecified atom stereocenters. The molecule has 5 heteroatoms. The number of aryl methyl sites for hydroxylation is 1. The standard InChI is InChI=1S/C19H28N2O3/c1-13(2)16-9-6-7-14(3)17(16)20-18(23)19(24)21-11-5-4-8-15(21)10-12-22/h6-7,9,13,15,22H,4-5,8,10-12H2,1-3H3,(H,20,23). The number of carbonyl (C=O) groups excluding carboxylic acids is 2. The fourth-order valence-corrected chi connectivity index (χ4v) is 3.36. The SMILES string of the molecule is Cc1cccc(C(C)C)c1NC(=O)C(=O)N1CCCCC1CCO. The Morgan fingerprint density at radius 3 is 2.75 bits per heavy atom. The molecule has 1 aliphatic rings. The second-order valence-electron chi connectivity index (χ2n) is 6.81. The Labute approximate surface area is 144 Å². The molecule has 2 rings (SSSR count). The maximum absolute atomic E-state index is 12.6. The molecule has 1 aliphatic heterocycles. The van der Waals surface area contributed by atoms with Crippen LogP contribution in [0.5, 0.6) is 0 Å². The van der Waals surface area contributed by atoms with Gasteiger partial charge in [0, 0.05) is 24.9 Å². The van der Waals surface area contributed by atoms with Crippen molar-refractivity contribution in [1.29, 1.82) is 0 Å². The van der Waals surface area contributed by atoms with Gasteiger partial charge in [-0.05, 0) is 49.7 Å². The first-order valence-corrected chi connectivity index (χ1v) is 8.78. The van der Waals surface area contributed by atoms with Crippen LogP contribution in [0.2, 0.25) is 0 Å². The van der Waals surface area contributed by atoms with E-state index < -0.39 is 11.8 Å². The molecule has 0 aromatic heterocycles. The van der Waals surface area contributed by atoms with E-state index in [2.05, 4.69) is 19.2 Å². The summed E-state index contributed by atoms with van der Waals surface area (Å²) in [4.78, 5) is 26.8. The zero-order valence-electron chi connectivity index (χ0n) is 14.8. The van der Waals surface area contributed by atoms with Crippen molar-refractivity contribution in [2.45, 2.75) is 58.4 Å². The van der Waals surface area contributed by atoms with Gasteiger partial charge in [0.25, 0.3) is 0 Å². The number of hydrogen-bond donors (Lipinski definition) is 2. The summed E-state index contributed by atoms with van der Waals surface area (Å²) < 4.78 is 0. The van der Waals surface area contributed by atoms with E-state index in [4.69, 9.17) is 0 Å². The van der Waals surface area contributed by atoms with Crippen LogP contribution in [0.15, 0.2) is 18.2 Å². The summed E-state index contributed by atoms with van der Waals surface area (Å²) in [7, 11) is 0. The third kappa shape index (κ3) is 4.15. The van der Waals surface area contributed by atoms with Crippen molar-refractivity contribution in [2.24, 2.45) is 0 Å². The third-order valence-electron chi connectivity index (χ3n) is 4.71. The van der Waals surface area contributed by atoms with Gasteiger partial charge in [0.1, 0.15) is 0 Å². The van der Waals surface area contributed by atoms with E-state index in [1.165, 1.54) is 0 Å². The molecular weight excluding hydrogens is 304 g/mol. The zero-order valence-corrected chi connectivity index (χ0v) is 14.8. The largest absolute Gasteiger partial charge is 0.396 e. The molecule has 24 heavy (non-hydrogen) atoms. The van der Waals surface area contributed by atoms with Crippen LogP contribution < -0.4 is 5.32 Å². The van der Waals surface area contributed by atoms with Gasteiger partial charge in [0.15, 0.2) is 0 Å². The first-order valence-electron chi connectivity index (χ1n) is 8.78. The smallest absolute Gasteiger partial charge is 0.313 e. The lowest BCUT2D eigenvalue weighted by molar-refractivity contribution is -0.146. The summed E-state index contributed by atoms with van der Waals surface area (Å²) in [6.45, 7) is 6.68. The second-order valence-corrected chi connectivity index (χ2v) is 6.81. The minimum absolute atomic E-state index is 0.0331. The lowest BCUT2D eigenvalue weighted by Crippen LogP contribution is -2.48. The van der Waals surface area contributed by atoms with Crippen molar-refractivity contribution >= 4 is 17.5 Å². The van der Waals surface area contributed by atoms with Gasteiger partial charge in [0.05, 0.1) is 0 Å². The number of carbonyl (C=O) groups is 2. The van der Waals surface area contributed by atoms with Crippen LogP contribution in [0.3, 0.4) is 0 Å². The molecule has 1 saturated heterocycles. The highest BCUT2D eigenvalue weighted by Gasteiger charge is 2.30. The van der Waals surface area contributed by atoms with Crippen molar-refractivity contribution in [3.05, 3.63) is 29.3 Å². The molecule has 1 heterocycles. The lowest BCUT2D eigenvalue weighted by Gasteiger charge is -2.35. The van der Waals surface area contributed by atoms with E-state index in [1.807, 2.05) is 25.1 Å². The van der Waals surface area contributed by atoms with E-state index >= 15 is 0 Å². The first kappa shape index (κ1) is 18.5. The maximum Gasteiger partial charge on any atom is 0.313 e. The van der Waals surface area contributed by atoms with E-state index in [-0.39, 0.29) is 18.6 Å². The number of aliphatic hydroxyl groups excluding tert-OH is 1. The second kappa shape index (κ2) is 8.29. The summed E-state index contributed by atoms with van der Waals surface area (Å²) in [6.07, 6.45) is 3.32. The number of piperidine rings is 1. The molecule has 1 aromatic carbocycles. The van der Waals surface area contributed by atoms with E-state index in [9.17, 15) is 14.7 Å². The fraction of sp³-hybridized carbons (Fsp3) is 0.579. The van der Waals surface area contributed by atoms with Gasteiger partial charge in [-0.25, -0.2) is 0 Å². The molecule has 0 bridgehead atoms. The summed E-state index contributed by atoms with van der Waals surface area (Å²) in [6, 6.07) is 5.84. The predicted octanol–water partition coefficient (Wildman–Crippen LogP) is 2.82. The Bertz CT molecular complexity index is 596. The topological polar surface area (TPSA) is 69.6 Å². The molecule has 0 spiro atoms. The number of benzene rings is 1. The molecule has 2 N–H and O–H groups in total. The average molecular weight is 332 g/mol. The monoisotopic (exact) mass is 332 g/mol. The van der Waals surface area contributed by atoms with Crippen LogP contribution in [0.4, 0.5) is 5.69 Å². The third-order valence-corrected chi connectivity index (χ3v) is 4.71. The molecule has 2 amide bonds. The molecule has 5 nitrogen and oxygen atoms in total. The number of nitrogens with zero attached hydrogens (tertiary/aromatic N) is 1. The molecule has 1 fully saturated rings. The number of hydrogen-bond acceptors (Lipinski definition) is 3. The van der Waals surface area contributed by atoms with Gasteiger partial charge in [-0.15, -0.1) is 0 Å². The Hall–Kier alpha value is -1.88. The Kier molecular flexibility index (Phi) is 6.37. The molecule has 1 atom stereocenters. The summed E-state index contributed by atoms with van der Waals surface area (Å²) in [5.74, 6) is -0.824.